The van der Waals surface area contributed by atoms with Crippen LogP contribution in [0.3, 0.4) is 0 Å². The maximum Gasteiger partial charge on any atom is 0.0462 e. The first-order valence-electron chi connectivity index (χ1n) is 20.6. The lowest BCUT2D eigenvalue weighted by Gasteiger charge is -2.39. The number of para-hydroxylation sites is 1. The van der Waals surface area contributed by atoms with E-state index in [0.717, 1.165) is 31.4 Å². The van der Waals surface area contributed by atoms with Crippen LogP contribution in [-0.4, -0.2) is 0 Å². The average Bonchev–Trinajstić information content (AvgIpc) is 3.29. The summed E-state index contributed by atoms with van der Waals surface area (Å²) in [6.07, 6.45) is 24.1. The normalized spacial score (nSPS) is 16.1. The number of hydrogen-bond donors (Lipinski definition) is 0. The van der Waals surface area contributed by atoms with Gasteiger partial charge in [0.2, 0.25) is 0 Å². The van der Waals surface area contributed by atoms with Gasteiger partial charge in [-0.1, -0.05) is 147 Å². The summed E-state index contributed by atoms with van der Waals surface area (Å²) < 4.78 is 0. The summed E-state index contributed by atoms with van der Waals surface area (Å²) in [4.78, 5) is 4.81. The SMILES string of the molecule is C1=CCCC(c2ccc(N(c3ccccc3)c3ccc(C4(c5ccc(N(C6=CCCC=C6)c6ccc(-c7ccccc7)cc6)cc5)CCCCC4)cc3)cc2)=C1. The predicted molar refractivity (Wildman–Crippen MR) is 238 cm³/mol. The van der Waals surface area contributed by atoms with E-state index in [2.05, 4.69) is 204 Å². The lowest BCUT2D eigenvalue weighted by Crippen LogP contribution is -2.30. The minimum Gasteiger partial charge on any atom is -0.311 e. The van der Waals surface area contributed by atoms with Crippen molar-refractivity contribution in [1.29, 1.82) is 0 Å². The third-order valence-electron chi connectivity index (χ3n) is 12.1. The standard InChI is InChI=1S/C54H50N2/c1-6-16-42(17-7-1)44-24-32-50(33-25-44)55(48-20-10-3-11-21-48)52-36-28-46(29-37-52)54(40-14-5-15-41-54)47-30-38-53(39-31-47)56(49-22-12-4-13-23-49)51-34-26-45(27-35-51)43-18-8-2-9-19-43/h1-3,6,8-12,16,18-39H,4-5,7,13-15,17,40-41H2. The number of benzene rings is 6. The van der Waals surface area contributed by atoms with Crippen molar-refractivity contribution in [2.75, 3.05) is 9.80 Å². The molecular weight excluding hydrogens is 677 g/mol. The van der Waals surface area contributed by atoms with Gasteiger partial charge in [-0.05, 0) is 139 Å². The van der Waals surface area contributed by atoms with Gasteiger partial charge in [-0.2, -0.15) is 0 Å². The molecule has 0 aliphatic heterocycles. The third kappa shape index (κ3) is 7.32. The summed E-state index contributed by atoms with van der Waals surface area (Å²) >= 11 is 0. The highest BCUT2D eigenvalue weighted by molar-refractivity contribution is 5.79. The van der Waals surface area contributed by atoms with Gasteiger partial charge in [-0.25, -0.2) is 0 Å². The lowest BCUT2D eigenvalue weighted by molar-refractivity contribution is 0.346. The number of hydrogen-bond acceptors (Lipinski definition) is 2. The Morgan fingerprint density at radius 1 is 0.411 bits per heavy atom. The van der Waals surface area contributed by atoms with Gasteiger partial charge in [0.1, 0.15) is 0 Å². The Morgan fingerprint density at radius 3 is 1.48 bits per heavy atom. The second kappa shape index (κ2) is 16.3. The van der Waals surface area contributed by atoms with Crippen molar-refractivity contribution in [2.24, 2.45) is 0 Å². The van der Waals surface area contributed by atoms with Gasteiger partial charge < -0.3 is 9.80 Å². The summed E-state index contributed by atoms with van der Waals surface area (Å²) in [6, 6.07) is 58.7. The molecule has 0 aromatic heterocycles. The third-order valence-corrected chi connectivity index (χ3v) is 12.1. The monoisotopic (exact) mass is 726 g/mol. The van der Waals surface area contributed by atoms with E-state index < -0.39 is 0 Å². The first-order chi connectivity index (χ1) is 27.7. The Kier molecular flexibility index (Phi) is 10.4. The highest BCUT2D eigenvalue weighted by Crippen LogP contribution is 2.47. The number of nitrogens with zero attached hydrogens (tertiary/aromatic N) is 2. The van der Waals surface area contributed by atoms with E-state index in [-0.39, 0.29) is 5.41 Å². The van der Waals surface area contributed by atoms with E-state index in [4.69, 9.17) is 0 Å². The molecule has 56 heavy (non-hydrogen) atoms. The van der Waals surface area contributed by atoms with Crippen LogP contribution in [0.1, 0.15) is 74.5 Å². The molecule has 0 amide bonds. The molecule has 6 aromatic rings. The quantitative estimate of drug-likeness (QED) is 0.139. The Balaban J connectivity index is 1.03. The largest absolute Gasteiger partial charge is 0.311 e. The fourth-order valence-corrected chi connectivity index (χ4v) is 9.10. The molecule has 0 N–H and O–H groups in total. The first kappa shape index (κ1) is 35.6. The fourth-order valence-electron chi connectivity index (χ4n) is 9.10. The number of allylic oxidation sites excluding steroid dienone is 7. The van der Waals surface area contributed by atoms with Crippen LogP contribution in [0.4, 0.5) is 28.4 Å². The molecule has 0 radical (unpaired) electrons. The summed E-state index contributed by atoms with van der Waals surface area (Å²) in [5, 5.41) is 0. The van der Waals surface area contributed by atoms with Crippen LogP contribution >= 0.6 is 0 Å². The van der Waals surface area contributed by atoms with Gasteiger partial charge >= 0.3 is 0 Å². The average molecular weight is 727 g/mol. The van der Waals surface area contributed by atoms with Crippen LogP contribution in [0, 0.1) is 0 Å². The second-order valence-electron chi connectivity index (χ2n) is 15.5. The molecule has 0 heterocycles. The van der Waals surface area contributed by atoms with E-state index in [0.29, 0.717) is 0 Å². The van der Waals surface area contributed by atoms with Gasteiger partial charge in [0, 0.05) is 39.5 Å². The van der Waals surface area contributed by atoms with Crippen molar-refractivity contribution in [3.05, 3.63) is 217 Å². The zero-order valence-corrected chi connectivity index (χ0v) is 32.2. The molecule has 0 atom stereocenters. The van der Waals surface area contributed by atoms with E-state index in [1.807, 2.05) is 0 Å². The van der Waals surface area contributed by atoms with E-state index in [1.165, 1.54) is 93.9 Å². The van der Waals surface area contributed by atoms with Gasteiger partial charge in [-0.3, -0.25) is 0 Å². The van der Waals surface area contributed by atoms with E-state index in [1.54, 1.807) is 0 Å². The number of anilines is 5. The van der Waals surface area contributed by atoms with Crippen molar-refractivity contribution in [3.8, 4) is 11.1 Å². The molecule has 0 bridgehead atoms. The molecule has 0 saturated heterocycles. The summed E-state index contributed by atoms with van der Waals surface area (Å²) in [5.41, 5.74) is 15.1. The topological polar surface area (TPSA) is 6.48 Å². The molecule has 0 spiro atoms. The summed E-state index contributed by atoms with van der Waals surface area (Å²) in [6.45, 7) is 0. The fraction of sp³-hybridized carbons (Fsp3) is 0.185. The van der Waals surface area contributed by atoms with Gasteiger partial charge in [-0.15, -0.1) is 0 Å². The van der Waals surface area contributed by atoms with Crippen LogP contribution < -0.4 is 9.80 Å². The molecule has 9 rings (SSSR count). The molecule has 1 saturated carbocycles. The van der Waals surface area contributed by atoms with Crippen LogP contribution in [-0.2, 0) is 5.41 Å². The summed E-state index contributed by atoms with van der Waals surface area (Å²) in [5.74, 6) is 0. The zero-order valence-electron chi connectivity index (χ0n) is 32.2. The minimum atomic E-state index is -0.0110. The maximum atomic E-state index is 2.42. The zero-order chi connectivity index (χ0) is 37.6. The van der Waals surface area contributed by atoms with Crippen LogP contribution in [0.2, 0.25) is 0 Å². The molecule has 3 aliphatic carbocycles. The number of rotatable bonds is 10. The van der Waals surface area contributed by atoms with Crippen molar-refractivity contribution in [1.82, 2.24) is 0 Å². The van der Waals surface area contributed by atoms with E-state index >= 15 is 0 Å². The lowest BCUT2D eigenvalue weighted by atomic mass is 9.65. The van der Waals surface area contributed by atoms with Crippen molar-refractivity contribution < 1.29 is 0 Å². The molecule has 276 valence electrons. The minimum absolute atomic E-state index is 0.0110. The van der Waals surface area contributed by atoms with E-state index in [9.17, 15) is 0 Å². The molecule has 2 heteroatoms. The first-order valence-corrected chi connectivity index (χ1v) is 20.6. The van der Waals surface area contributed by atoms with Crippen LogP contribution in [0.5, 0.6) is 0 Å². The Bertz CT molecular complexity index is 2340. The highest BCUT2D eigenvalue weighted by Gasteiger charge is 2.36. The van der Waals surface area contributed by atoms with Gasteiger partial charge in [0.25, 0.3) is 0 Å². The molecule has 6 aromatic carbocycles. The van der Waals surface area contributed by atoms with Gasteiger partial charge in [0.05, 0.1) is 0 Å². The maximum absolute atomic E-state index is 2.42. The predicted octanol–water partition coefficient (Wildman–Crippen LogP) is 15.2. The molecule has 2 nitrogen and oxygen atoms in total. The molecular formula is C54H50N2. The van der Waals surface area contributed by atoms with Crippen molar-refractivity contribution >= 4 is 34.0 Å². The Labute approximate surface area is 333 Å². The molecule has 0 unspecified atom stereocenters. The smallest absolute Gasteiger partial charge is 0.0462 e. The van der Waals surface area contributed by atoms with Crippen molar-refractivity contribution in [3.63, 3.8) is 0 Å². The second-order valence-corrected chi connectivity index (χ2v) is 15.5. The van der Waals surface area contributed by atoms with Crippen LogP contribution in [0.25, 0.3) is 16.7 Å². The Hall–Kier alpha value is -6.12. The van der Waals surface area contributed by atoms with Crippen molar-refractivity contribution in [2.45, 2.75) is 63.2 Å². The highest BCUT2D eigenvalue weighted by atomic mass is 15.1. The van der Waals surface area contributed by atoms with Gasteiger partial charge in [0.15, 0.2) is 0 Å². The van der Waals surface area contributed by atoms with Crippen LogP contribution in [0.15, 0.2) is 200 Å². The molecule has 3 aliphatic rings. The summed E-state index contributed by atoms with van der Waals surface area (Å²) in [7, 11) is 0. The Morgan fingerprint density at radius 2 is 0.929 bits per heavy atom. The molecule has 1 fully saturated rings.